The maximum atomic E-state index is 11.8. The van der Waals surface area contributed by atoms with Crippen LogP contribution in [0.2, 0.25) is 0 Å². The zero-order chi connectivity index (χ0) is 15.5. The highest BCUT2D eigenvalue weighted by atomic mass is 16.3. The van der Waals surface area contributed by atoms with Crippen molar-refractivity contribution in [2.24, 2.45) is 5.73 Å². The van der Waals surface area contributed by atoms with Crippen molar-refractivity contribution in [3.05, 3.63) is 29.8 Å². The van der Waals surface area contributed by atoms with Crippen LogP contribution in [-0.2, 0) is 11.3 Å². The third-order valence-corrected chi connectivity index (χ3v) is 3.18. The van der Waals surface area contributed by atoms with Gasteiger partial charge in [-0.15, -0.1) is 0 Å². The Labute approximate surface area is 125 Å². The number of aliphatic hydroxyl groups is 2. The van der Waals surface area contributed by atoms with Crippen molar-refractivity contribution >= 4 is 11.6 Å². The molecular weight excluding hydrogens is 270 g/mol. The van der Waals surface area contributed by atoms with Crippen molar-refractivity contribution in [3.8, 4) is 0 Å². The zero-order valence-electron chi connectivity index (χ0n) is 12.3. The number of carbonyl (C=O) groups excluding carboxylic acids is 1. The van der Waals surface area contributed by atoms with E-state index in [0.29, 0.717) is 39.0 Å². The van der Waals surface area contributed by atoms with Crippen LogP contribution in [0, 0.1) is 0 Å². The van der Waals surface area contributed by atoms with Gasteiger partial charge in [-0.05, 0) is 30.7 Å². The van der Waals surface area contributed by atoms with Gasteiger partial charge in [-0.25, -0.2) is 0 Å². The number of nitrogens with one attached hydrogen (secondary N) is 1. The first-order valence-corrected chi connectivity index (χ1v) is 7.22. The number of rotatable bonds is 10. The van der Waals surface area contributed by atoms with Gasteiger partial charge < -0.3 is 21.3 Å². The van der Waals surface area contributed by atoms with Gasteiger partial charge in [0.1, 0.15) is 0 Å². The predicted molar refractivity (Wildman–Crippen MR) is 82.8 cm³/mol. The normalized spacial score (nSPS) is 10.9. The highest BCUT2D eigenvalue weighted by Crippen LogP contribution is 2.09. The molecule has 1 rings (SSSR count). The standard InChI is InChI=1S/C15H25N3O3/c16-12-13-3-5-14(6-4-13)17-15(21)2-1-7-18(8-10-19)9-11-20/h3-6,19-20H,1-2,7-12,16H2,(H,17,21). The lowest BCUT2D eigenvalue weighted by molar-refractivity contribution is -0.116. The molecule has 0 aliphatic rings. The lowest BCUT2D eigenvalue weighted by Gasteiger charge is -2.19. The van der Waals surface area contributed by atoms with E-state index in [1.54, 1.807) is 0 Å². The zero-order valence-corrected chi connectivity index (χ0v) is 12.3. The van der Waals surface area contributed by atoms with Gasteiger partial charge in [0.25, 0.3) is 0 Å². The fourth-order valence-corrected chi connectivity index (χ4v) is 2.03. The van der Waals surface area contributed by atoms with E-state index in [1.807, 2.05) is 29.2 Å². The van der Waals surface area contributed by atoms with E-state index >= 15 is 0 Å². The second kappa shape index (κ2) is 10.3. The molecule has 1 amide bonds. The van der Waals surface area contributed by atoms with Crippen molar-refractivity contribution in [1.82, 2.24) is 4.90 Å². The Hall–Kier alpha value is -1.47. The Balaban J connectivity index is 2.29. The van der Waals surface area contributed by atoms with E-state index in [-0.39, 0.29) is 19.1 Å². The largest absolute Gasteiger partial charge is 0.395 e. The van der Waals surface area contributed by atoms with Crippen LogP contribution in [0.3, 0.4) is 0 Å². The van der Waals surface area contributed by atoms with Gasteiger partial charge in [0.15, 0.2) is 0 Å². The summed E-state index contributed by atoms with van der Waals surface area (Å²) < 4.78 is 0. The van der Waals surface area contributed by atoms with Crippen LogP contribution >= 0.6 is 0 Å². The molecule has 1 aromatic rings. The first-order valence-electron chi connectivity index (χ1n) is 7.22. The van der Waals surface area contributed by atoms with Crippen LogP contribution in [-0.4, -0.2) is 53.9 Å². The Bertz CT molecular complexity index is 403. The number of benzene rings is 1. The summed E-state index contributed by atoms with van der Waals surface area (Å²) in [5.41, 5.74) is 7.31. The molecule has 0 aliphatic heterocycles. The lowest BCUT2D eigenvalue weighted by atomic mass is 10.2. The molecule has 0 radical (unpaired) electrons. The first kappa shape index (κ1) is 17.6. The van der Waals surface area contributed by atoms with Gasteiger partial charge in [0.05, 0.1) is 13.2 Å². The van der Waals surface area contributed by atoms with Crippen LogP contribution in [0.15, 0.2) is 24.3 Å². The van der Waals surface area contributed by atoms with Gasteiger partial charge in [0.2, 0.25) is 5.91 Å². The van der Waals surface area contributed by atoms with Crippen molar-refractivity contribution in [2.75, 3.05) is 38.2 Å². The molecule has 0 unspecified atom stereocenters. The predicted octanol–water partition coefficient (Wildman–Crippen LogP) is 0.151. The van der Waals surface area contributed by atoms with Gasteiger partial charge in [-0.2, -0.15) is 0 Å². The van der Waals surface area contributed by atoms with Crippen LogP contribution in [0.25, 0.3) is 0 Å². The summed E-state index contributed by atoms with van der Waals surface area (Å²) >= 11 is 0. The van der Waals surface area contributed by atoms with Gasteiger partial charge in [-0.3, -0.25) is 9.69 Å². The first-order chi connectivity index (χ1) is 10.2. The lowest BCUT2D eigenvalue weighted by Crippen LogP contribution is -2.31. The van der Waals surface area contributed by atoms with Gasteiger partial charge in [-0.1, -0.05) is 12.1 Å². The summed E-state index contributed by atoms with van der Waals surface area (Å²) in [5, 5.41) is 20.6. The molecule has 1 aromatic carbocycles. The second-order valence-corrected chi connectivity index (χ2v) is 4.84. The Morgan fingerprint density at radius 1 is 1.10 bits per heavy atom. The summed E-state index contributed by atoms with van der Waals surface area (Å²) in [4.78, 5) is 13.7. The van der Waals surface area contributed by atoms with E-state index in [4.69, 9.17) is 15.9 Å². The van der Waals surface area contributed by atoms with Crippen molar-refractivity contribution in [3.63, 3.8) is 0 Å². The number of nitrogens with two attached hydrogens (primary N) is 1. The third kappa shape index (κ3) is 7.19. The summed E-state index contributed by atoms with van der Waals surface area (Å²) in [6.07, 6.45) is 1.10. The molecule has 5 N–H and O–H groups in total. The van der Waals surface area contributed by atoms with E-state index in [1.165, 1.54) is 0 Å². The van der Waals surface area contributed by atoms with Crippen LogP contribution < -0.4 is 11.1 Å². The van der Waals surface area contributed by atoms with Crippen molar-refractivity contribution in [2.45, 2.75) is 19.4 Å². The summed E-state index contributed by atoms with van der Waals surface area (Å²) in [6, 6.07) is 7.45. The summed E-state index contributed by atoms with van der Waals surface area (Å²) in [6.45, 7) is 2.31. The molecule has 0 atom stereocenters. The Morgan fingerprint density at radius 3 is 2.24 bits per heavy atom. The molecule has 0 heterocycles. The summed E-state index contributed by atoms with van der Waals surface area (Å²) in [7, 11) is 0. The number of hydrogen-bond donors (Lipinski definition) is 4. The topological polar surface area (TPSA) is 98.8 Å². The smallest absolute Gasteiger partial charge is 0.224 e. The maximum Gasteiger partial charge on any atom is 0.224 e. The fourth-order valence-electron chi connectivity index (χ4n) is 2.03. The molecule has 0 bridgehead atoms. The molecule has 21 heavy (non-hydrogen) atoms. The van der Waals surface area contributed by atoms with E-state index in [2.05, 4.69) is 5.32 Å². The minimum Gasteiger partial charge on any atom is -0.395 e. The number of aliphatic hydroxyl groups excluding tert-OH is 2. The molecule has 0 saturated heterocycles. The van der Waals surface area contributed by atoms with Crippen molar-refractivity contribution in [1.29, 1.82) is 0 Å². The molecule has 118 valence electrons. The van der Waals surface area contributed by atoms with Crippen LogP contribution in [0.1, 0.15) is 18.4 Å². The molecule has 0 aromatic heterocycles. The summed E-state index contributed by atoms with van der Waals surface area (Å²) in [5.74, 6) is -0.0385. The second-order valence-electron chi connectivity index (χ2n) is 4.84. The number of hydrogen-bond acceptors (Lipinski definition) is 5. The Kier molecular flexibility index (Phi) is 8.61. The Morgan fingerprint density at radius 2 is 1.71 bits per heavy atom. The number of anilines is 1. The van der Waals surface area contributed by atoms with Gasteiger partial charge in [0, 0.05) is 31.7 Å². The van der Waals surface area contributed by atoms with E-state index < -0.39 is 0 Å². The molecule has 0 spiro atoms. The van der Waals surface area contributed by atoms with Crippen LogP contribution in [0.5, 0.6) is 0 Å². The molecular formula is C15H25N3O3. The van der Waals surface area contributed by atoms with E-state index in [9.17, 15) is 4.79 Å². The minimum absolute atomic E-state index is 0.0385. The maximum absolute atomic E-state index is 11.8. The van der Waals surface area contributed by atoms with Gasteiger partial charge >= 0.3 is 0 Å². The quantitative estimate of drug-likeness (QED) is 0.492. The number of carbonyl (C=O) groups is 1. The SMILES string of the molecule is NCc1ccc(NC(=O)CCCN(CCO)CCO)cc1. The monoisotopic (exact) mass is 295 g/mol. The minimum atomic E-state index is -0.0385. The molecule has 0 fully saturated rings. The highest BCUT2D eigenvalue weighted by molar-refractivity contribution is 5.90. The average Bonchev–Trinajstić information content (AvgIpc) is 2.48. The fraction of sp³-hybridized carbons (Fsp3) is 0.533. The molecule has 6 heteroatoms. The van der Waals surface area contributed by atoms with E-state index in [0.717, 1.165) is 11.3 Å². The van der Waals surface area contributed by atoms with Crippen molar-refractivity contribution < 1.29 is 15.0 Å². The third-order valence-electron chi connectivity index (χ3n) is 3.18. The average molecular weight is 295 g/mol. The molecule has 6 nitrogen and oxygen atoms in total. The molecule has 0 aliphatic carbocycles. The number of amides is 1. The highest BCUT2D eigenvalue weighted by Gasteiger charge is 2.06. The molecule has 0 saturated carbocycles. The number of nitrogens with zero attached hydrogens (tertiary/aromatic N) is 1. The van der Waals surface area contributed by atoms with Crippen LogP contribution in [0.4, 0.5) is 5.69 Å².